The smallest absolute Gasteiger partial charge is 0.289 e. The van der Waals surface area contributed by atoms with Gasteiger partial charge in [0.15, 0.2) is 0 Å². The maximum absolute atomic E-state index is 13.4. The first-order valence-electron chi connectivity index (χ1n) is 11.6. The summed E-state index contributed by atoms with van der Waals surface area (Å²) in [6.45, 7) is 0.285. The normalized spacial score (nSPS) is 15.2. The number of likely N-dealkylation sites (N-methyl/N-ethyl adjacent to an activating group) is 1. The van der Waals surface area contributed by atoms with Crippen LogP contribution in [0.5, 0.6) is 0 Å². The molecule has 4 heterocycles. The van der Waals surface area contributed by atoms with E-state index in [9.17, 15) is 9.59 Å². The number of hydrogen-bond acceptors (Lipinski definition) is 5. The largest absolute Gasteiger partial charge is 0.343 e. The molecule has 5 aromatic rings. The predicted octanol–water partition coefficient (Wildman–Crippen LogP) is 3.19. The summed E-state index contributed by atoms with van der Waals surface area (Å²) in [5, 5.41) is 12.0. The molecule has 9 nitrogen and oxygen atoms in total. The van der Waals surface area contributed by atoms with Gasteiger partial charge in [-0.25, -0.2) is 0 Å². The Morgan fingerprint density at radius 1 is 1.08 bits per heavy atom. The van der Waals surface area contributed by atoms with E-state index in [1.807, 2.05) is 77.6 Å². The molecule has 0 saturated heterocycles. The van der Waals surface area contributed by atoms with Crippen LogP contribution in [0, 0.1) is 0 Å². The van der Waals surface area contributed by atoms with E-state index in [0.717, 1.165) is 33.3 Å². The number of anilines is 1. The zero-order chi connectivity index (χ0) is 24.6. The van der Waals surface area contributed by atoms with E-state index < -0.39 is 11.9 Å². The molecule has 178 valence electrons. The minimum Gasteiger partial charge on any atom is -0.343 e. The summed E-state index contributed by atoms with van der Waals surface area (Å²) in [6.07, 6.45) is 6.11. The molecule has 2 aromatic carbocycles. The Morgan fingerprint density at radius 3 is 2.75 bits per heavy atom. The van der Waals surface area contributed by atoms with Crippen LogP contribution in [-0.2, 0) is 17.8 Å². The van der Waals surface area contributed by atoms with E-state index >= 15 is 0 Å². The first-order chi connectivity index (χ1) is 17.6. The van der Waals surface area contributed by atoms with Crippen LogP contribution in [0.15, 0.2) is 79.3 Å². The molecule has 0 radical (unpaired) electrons. The third-order valence-electron chi connectivity index (χ3n) is 6.49. The molecular weight excluding hydrogens is 454 g/mol. The van der Waals surface area contributed by atoms with E-state index in [4.69, 9.17) is 0 Å². The summed E-state index contributed by atoms with van der Waals surface area (Å²) in [5.41, 5.74) is 4.79. The van der Waals surface area contributed by atoms with Crippen molar-refractivity contribution < 1.29 is 9.59 Å². The molecule has 1 aliphatic rings. The summed E-state index contributed by atoms with van der Waals surface area (Å²) in [5.74, 6) is -0.0231. The van der Waals surface area contributed by atoms with E-state index in [1.165, 1.54) is 0 Å². The second kappa shape index (κ2) is 8.77. The standard InChI is InChI=1S/C27H23N7O2/c1-33-22-11-5-10-19-20(18-9-6-12-28-14-18)15-34(24(19)22)16-21(27(33)36)29-26(35)25-30-23(31-32-25)13-17-7-3-2-4-8-17/h2-12,14-15,21H,13,16H2,1H3,(H,29,35)(H,30,31,32). The van der Waals surface area contributed by atoms with E-state index in [2.05, 4.69) is 25.5 Å². The molecule has 0 aliphatic carbocycles. The SMILES string of the molecule is CN1C(=O)C(NC(=O)c2nnc(Cc3ccccc3)[nH]2)Cn2cc(-c3cccnc3)c3cccc1c32. The van der Waals surface area contributed by atoms with Crippen molar-refractivity contribution in [3.05, 3.63) is 96.5 Å². The molecule has 0 spiro atoms. The van der Waals surface area contributed by atoms with Crippen LogP contribution in [0.2, 0.25) is 0 Å². The monoisotopic (exact) mass is 477 g/mol. The van der Waals surface area contributed by atoms with Crippen LogP contribution in [0.4, 0.5) is 5.69 Å². The topological polar surface area (TPSA) is 109 Å². The lowest BCUT2D eigenvalue weighted by Gasteiger charge is -2.21. The summed E-state index contributed by atoms with van der Waals surface area (Å²) in [6, 6.07) is 18.8. The van der Waals surface area contributed by atoms with Crippen molar-refractivity contribution in [1.29, 1.82) is 0 Å². The highest BCUT2D eigenvalue weighted by atomic mass is 16.2. The highest BCUT2D eigenvalue weighted by molar-refractivity contribution is 6.10. The zero-order valence-electron chi connectivity index (χ0n) is 19.5. The van der Waals surface area contributed by atoms with Gasteiger partial charge < -0.3 is 19.8 Å². The first kappa shape index (κ1) is 21.7. The van der Waals surface area contributed by atoms with Crippen LogP contribution in [0.1, 0.15) is 22.0 Å². The lowest BCUT2D eigenvalue weighted by Crippen LogP contribution is -2.48. The number of amides is 2. The summed E-state index contributed by atoms with van der Waals surface area (Å²) in [4.78, 5) is 35.3. The molecule has 36 heavy (non-hydrogen) atoms. The number of benzene rings is 2. The van der Waals surface area contributed by atoms with Gasteiger partial charge in [0.1, 0.15) is 11.9 Å². The third kappa shape index (κ3) is 3.80. The fourth-order valence-electron chi connectivity index (χ4n) is 4.74. The number of carbonyl (C=O) groups excluding carboxylic acids is 2. The number of H-pyrrole nitrogens is 1. The number of nitrogens with one attached hydrogen (secondary N) is 2. The fourth-order valence-corrected chi connectivity index (χ4v) is 4.74. The van der Waals surface area contributed by atoms with Gasteiger partial charge in [-0.15, -0.1) is 10.2 Å². The molecule has 0 saturated carbocycles. The second-order valence-electron chi connectivity index (χ2n) is 8.82. The Kier molecular flexibility index (Phi) is 5.29. The Hall–Kier alpha value is -4.79. The Labute approximate surface area is 206 Å². The molecule has 2 amide bonds. The molecule has 3 aromatic heterocycles. The molecule has 9 heteroatoms. The maximum atomic E-state index is 13.4. The van der Waals surface area contributed by atoms with Gasteiger partial charge in [0.25, 0.3) is 11.8 Å². The molecule has 2 N–H and O–H groups in total. The molecule has 6 rings (SSSR count). The number of hydrogen-bond donors (Lipinski definition) is 2. The highest BCUT2D eigenvalue weighted by Crippen LogP contribution is 2.37. The maximum Gasteiger partial charge on any atom is 0.289 e. The number of carbonyl (C=O) groups is 2. The predicted molar refractivity (Wildman–Crippen MR) is 135 cm³/mol. The van der Waals surface area contributed by atoms with Gasteiger partial charge in [-0.1, -0.05) is 48.5 Å². The molecule has 1 aliphatic heterocycles. The number of rotatable bonds is 5. The molecule has 1 unspecified atom stereocenters. The van der Waals surface area contributed by atoms with Gasteiger partial charge in [-0.2, -0.15) is 0 Å². The molecule has 1 atom stereocenters. The number of aromatic amines is 1. The Balaban J connectivity index is 1.29. The van der Waals surface area contributed by atoms with Crippen LogP contribution in [-0.4, -0.2) is 49.6 Å². The van der Waals surface area contributed by atoms with Gasteiger partial charge in [0, 0.05) is 48.6 Å². The lowest BCUT2D eigenvalue weighted by atomic mass is 10.1. The van der Waals surface area contributed by atoms with Crippen LogP contribution >= 0.6 is 0 Å². The molecule has 0 bridgehead atoms. The zero-order valence-corrected chi connectivity index (χ0v) is 19.5. The van der Waals surface area contributed by atoms with E-state index in [0.29, 0.717) is 12.2 Å². The summed E-state index contributed by atoms with van der Waals surface area (Å²) < 4.78 is 2.03. The van der Waals surface area contributed by atoms with Gasteiger partial charge in [-0.3, -0.25) is 14.6 Å². The van der Waals surface area contributed by atoms with Gasteiger partial charge in [0.05, 0.1) is 17.7 Å². The van der Waals surface area contributed by atoms with Crippen molar-refractivity contribution in [3.63, 3.8) is 0 Å². The minimum absolute atomic E-state index is 0.0758. The van der Waals surface area contributed by atoms with E-state index in [1.54, 1.807) is 18.1 Å². The molecule has 0 fully saturated rings. The second-order valence-corrected chi connectivity index (χ2v) is 8.82. The van der Waals surface area contributed by atoms with Gasteiger partial charge >= 0.3 is 0 Å². The van der Waals surface area contributed by atoms with Crippen molar-refractivity contribution in [3.8, 4) is 11.1 Å². The number of nitrogens with zero attached hydrogens (tertiary/aromatic N) is 5. The average Bonchev–Trinajstić information content (AvgIpc) is 3.51. The first-order valence-corrected chi connectivity index (χ1v) is 11.6. The quantitative estimate of drug-likeness (QED) is 0.404. The Bertz CT molecular complexity index is 1570. The fraction of sp³-hybridized carbons (Fsp3) is 0.148. The third-order valence-corrected chi connectivity index (χ3v) is 6.49. The average molecular weight is 478 g/mol. The summed E-state index contributed by atoms with van der Waals surface area (Å²) in [7, 11) is 1.73. The van der Waals surface area contributed by atoms with Gasteiger partial charge in [-0.05, 0) is 17.7 Å². The van der Waals surface area contributed by atoms with Crippen molar-refractivity contribution in [2.75, 3.05) is 11.9 Å². The molecular formula is C27H23N7O2. The highest BCUT2D eigenvalue weighted by Gasteiger charge is 2.32. The van der Waals surface area contributed by atoms with Gasteiger partial charge in [0.2, 0.25) is 5.82 Å². The van der Waals surface area contributed by atoms with Crippen molar-refractivity contribution >= 4 is 28.4 Å². The van der Waals surface area contributed by atoms with Crippen LogP contribution < -0.4 is 10.2 Å². The van der Waals surface area contributed by atoms with E-state index in [-0.39, 0.29) is 18.3 Å². The number of pyridine rings is 1. The Morgan fingerprint density at radius 2 is 1.94 bits per heavy atom. The lowest BCUT2D eigenvalue weighted by molar-refractivity contribution is -0.120. The van der Waals surface area contributed by atoms with Crippen LogP contribution in [0.3, 0.4) is 0 Å². The van der Waals surface area contributed by atoms with Crippen molar-refractivity contribution in [2.45, 2.75) is 19.0 Å². The minimum atomic E-state index is -0.782. The van der Waals surface area contributed by atoms with Crippen LogP contribution in [0.25, 0.3) is 22.0 Å². The van der Waals surface area contributed by atoms with Crippen molar-refractivity contribution in [1.82, 2.24) is 30.0 Å². The number of aromatic nitrogens is 5. The summed E-state index contributed by atoms with van der Waals surface area (Å²) >= 11 is 0. The van der Waals surface area contributed by atoms with Crippen molar-refractivity contribution in [2.24, 2.45) is 0 Å². The number of para-hydroxylation sites is 1.